The van der Waals surface area contributed by atoms with Crippen LogP contribution in [0, 0.1) is 24.0 Å². The zero-order valence-corrected chi connectivity index (χ0v) is 11.0. The van der Waals surface area contributed by atoms with Crippen LogP contribution in [0.2, 0.25) is 5.02 Å². The van der Waals surface area contributed by atoms with Crippen LogP contribution in [0.4, 0.5) is 5.69 Å². The molecule has 98 valence electrons. The molecule has 0 amide bonds. The number of hydrogen-bond acceptors (Lipinski definition) is 4. The third-order valence-corrected chi connectivity index (χ3v) is 3.27. The molecule has 2 aromatic rings. The van der Waals surface area contributed by atoms with Crippen LogP contribution in [0.3, 0.4) is 0 Å². The lowest BCUT2D eigenvalue weighted by molar-refractivity contribution is -0.384. The average Bonchev–Trinajstić information content (AvgIpc) is 2.66. The van der Waals surface area contributed by atoms with Gasteiger partial charge >= 0.3 is 0 Å². The fourth-order valence-electron chi connectivity index (χ4n) is 1.67. The van der Waals surface area contributed by atoms with Crippen molar-refractivity contribution in [1.82, 2.24) is 9.78 Å². The number of aryl methyl sites for hydroxylation is 1. The molecular formula is C12H10ClN3O3. The Kier molecular flexibility index (Phi) is 3.35. The minimum absolute atomic E-state index is 0.0667. The van der Waals surface area contributed by atoms with Crippen LogP contribution in [0.5, 0.6) is 0 Å². The van der Waals surface area contributed by atoms with E-state index in [0.717, 1.165) is 0 Å². The zero-order chi connectivity index (χ0) is 14.2. The molecule has 0 radical (unpaired) electrons. The van der Waals surface area contributed by atoms with Crippen LogP contribution < -0.4 is 0 Å². The summed E-state index contributed by atoms with van der Waals surface area (Å²) in [5, 5.41) is 15.0. The van der Waals surface area contributed by atoms with Crippen LogP contribution in [0.25, 0.3) is 0 Å². The molecule has 0 N–H and O–H groups in total. The van der Waals surface area contributed by atoms with E-state index in [1.807, 2.05) is 0 Å². The highest BCUT2D eigenvalue weighted by Crippen LogP contribution is 2.20. The first-order valence-electron chi connectivity index (χ1n) is 5.42. The second kappa shape index (κ2) is 4.81. The summed E-state index contributed by atoms with van der Waals surface area (Å²) in [6, 6.07) is 5.34. The van der Waals surface area contributed by atoms with E-state index >= 15 is 0 Å². The fraction of sp³-hybridized carbons (Fsp3) is 0.167. The van der Waals surface area contributed by atoms with E-state index in [2.05, 4.69) is 5.10 Å². The number of non-ortho nitro benzene ring substituents is 1. The Labute approximate surface area is 113 Å². The van der Waals surface area contributed by atoms with Gasteiger partial charge in [0.25, 0.3) is 11.6 Å². The molecule has 1 heterocycles. The van der Waals surface area contributed by atoms with Crippen molar-refractivity contribution in [2.24, 2.45) is 0 Å². The van der Waals surface area contributed by atoms with E-state index in [1.54, 1.807) is 13.8 Å². The van der Waals surface area contributed by atoms with Gasteiger partial charge < -0.3 is 0 Å². The molecule has 0 spiro atoms. The van der Waals surface area contributed by atoms with Crippen molar-refractivity contribution >= 4 is 23.2 Å². The molecule has 1 aromatic heterocycles. The summed E-state index contributed by atoms with van der Waals surface area (Å²) in [4.78, 5) is 22.2. The molecule has 0 atom stereocenters. The van der Waals surface area contributed by atoms with Gasteiger partial charge in [-0.2, -0.15) is 9.78 Å². The summed E-state index contributed by atoms with van der Waals surface area (Å²) < 4.78 is 1.19. The molecule has 0 aliphatic rings. The molecule has 0 saturated carbocycles. The van der Waals surface area contributed by atoms with E-state index < -0.39 is 4.92 Å². The first-order chi connectivity index (χ1) is 8.91. The molecular weight excluding hydrogens is 270 g/mol. The smallest absolute Gasteiger partial charge is 0.267 e. The number of nitrogens with zero attached hydrogens (tertiary/aromatic N) is 3. The lowest BCUT2D eigenvalue weighted by atomic mass is 10.2. The molecule has 0 aliphatic carbocycles. The monoisotopic (exact) mass is 279 g/mol. The van der Waals surface area contributed by atoms with Gasteiger partial charge in [-0.25, -0.2) is 0 Å². The minimum atomic E-state index is -0.519. The van der Waals surface area contributed by atoms with Gasteiger partial charge in [0.2, 0.25) is 0 Å². The quantitative estimate of drug-likeness (QED) is 0.625. The highest BCUT2D eigenvalue weighted by Gasteiger charge is 2.17. The van der Waals surface area contributed by atoms with Crippen LogP contribution in [-0.2, 0) is 0 Å². The predicted molar refractivity (Wildman–Crippen MR) is 69.5 cm³/mol. The summed E-state index contributed by atoms with van der Waals surface area (Å²) >= 11 is 5.97. The van der Waals surface area contributed by atoms with Crippen LogP contribution in [0.15, 0.2) is 24.3 Å². The van der Waals surface area contributed by atoms with Crippen LogP contribution in [-0.4, -0.2) is 20.6 Å². The molecule has 7 heteroatoms. The number of benzene rings is 1. The lowest BCUT2D eigenvalue weighted by Crippen LogP contribution is -2.15. The molecule has 0 aliphatic heterocycles. The summed E-state index contributed by atoms with van der Waals surface area (Å²) in [6.07, 6.45) is 0. The maximum Gasteiger partial charge on any atom is 0.278 e. The molecule has 0 bridgehead atoms. The Morgan fingerprint density at radius 2 is 1.89 bits per heavy atom. The van der Waals surface area contributed by atoms with Gasteiger partial charge in [0.15, 0.2) is 0 Å². The number of hydrogen-bond donors (Lipinski definition) is 0. The summed E-state index contributed by atoms with van der Waals surface area (Å²) in [5.74, 6) is -0.373. The van der Waals surface area contributed by atoms with Crippen LogP contribution >= 0.6 is 11.6 Å². The van der Waals surface area contributed by atoms with E-state index in [4.69, 9.17) is 11.6 Å². The second-order valence-electron chi connectivity index (χ2n) is 4.01. The third-order valence-electron chi connectivity index (χ3n) is 2.72. The number of rotatable bonds is 2. The fourth-order valence-corrected chi connectivity index (χ4v) is 1.79. The van der Waals surface area contributed by atoms with Crippen molar-refractivity contribution in [1.29, 1.82) is 0 Å². The minimum Gasteiger partial charge on any atom is -0.267 e. The number of halogens is 1. The highest BCUT2D eigenvalue weighted by atomic mass is 35.5. The Bertz CT molecular complexity index is 662. The van der Waals surface area contributed by atoms with E-state index in [-0.39, 0.29) is 11.6 Å². The van der Waals surface area contributed by atoms with E-state index in [9.17, 15) is 14.9 Å². The SMILES string of the molecule is Cc1nn(C(=O)c2ccc([N+](=O)[O-])cc2)c(C)c1Cl. The van der Waals surface area contributed by atoms with Gasteiger partial charge in [-0.15, -0.1) is 0 Å². The molecule has 0 unspecified atom stereocenters. The Balaban J connectivity index is 2.38. The molecule has 2 rings (SSSR count). The Morgan fingerprint density at radius 1 is 1.32 bits per heavy atom. The van der Waals surface area contributed by atoms with Crippen molar-refractivity contribution in [2.45, 2.75) is 13.8 Å². The number of nitro groups is 1. The van der Waals surface area contributed by atoms with E-state index in [0.29, 0.717) is 22.0 Å². The van der Waals surface area contributed by atoms with Gasteiger partial charge in [0, 0.05) is 17.7 Å². The van der Waals surface area contributed by atoms with Gasteiger partial charge in [-0.05, 0) is 26.0 Å². The van der Waals surface area contributed by atoms with E-state index in [1.165, 1.54) is 28.9 Å². The zero-order valence-electron chi connectivity index (χ0n) is 10.3. The maximum atomic E-state index is 12.2. The Hall–Kier alpha value is -2.21. The molecule has 1 aromatic carbocycles. The lowest BCUT2D eigenvalue weighted by Gasteiger charge is -2.02. The van der Waals surface area contributed by atoms with Crippen molar-refractivity contribution in [2.75, 3.05) is 0 Å². The van der Waals surface area contributed by atoms with Crippen molar-refractivity contribution in [3.8, 4) is 0 Å². The van der Waals surface area contributed by atoms with Gasteiger partial charge in [0.05, 0.1) is 21.3 Å². The number of carbonyl (C=O) groups excluding carboxylic acids is 1. The number of carbonyl (C=O) groups is 1. The number of aromatic nitrogens is 2. The average molecular weight is 280 g/mol. The largest absolute Gasteiger partial charge is 0.278 e. The highest BCUT2D eigenvalue weighted by molar-refractivity contribution is 6.32. The van der Waals surface area contributed by atoms with Crippen molar-refractivity contribution in [3.05, 3.63) is 56.4 Å². The standard InChI is InChI=1S/C12H10ClN3O3/c1-7-11(13)8(2)15(14-7)12(17)9-3-5-10(6-4-9)16(18)19/h3-6H,1-2H3. The third kappa shape index (κ3) is 2.34. The summed E-state index contributed by atoms with van der Waals surface area (Å²) in [6.45, 7) is 3.39. The van der Waals surface area contributed by atoms with Crippen molar-refractivity contribution in [3.63, 3.8) is 0 Å². The van der Waals surface area contributed by atoms with Crippen LogP contribution in [0.1, 0.15) is 21.7 Å². The van der Waals surface area contributed by atoms with Gasteiger partial charge in [-0.1, -0.05) is 11.6 Å². The first kappa shape index (κ1) is 13.2. The second-order valence-corrected chi connectivity index (χ2v) is 4.38. The molecule has 0 saturated heterocycles. The normalized spacial score (nSPS) is 10.5. The van der Waals surface area contributed by atoms with Gasteiger partial charge in [0.1, 0.15) is 0 Å². The molecule has 19 heavy (non-hydrogen) atoms. The summed E-state index contributed by atoms with van der Waals surface area (Å²) in [5.41, 5.74) is 1.35. The summed E-state index contributed by atoms with van der Waals surface area (Å²) in [7, 11) is 0. The predicted octanol–water partition coefficient (Wildman–Crippen LogP) is 2.75. The first-order valence-corrected chi connectivity index (χ1v) is 5.80. The topological polar surface area (TPSA) is 78.0 Å². The maximum absolute atomic E-state index is 12.2. The molecule has 0 fully saturated rings. The molecule has 6 nitrogen and oxygen atoms in total. The number of nitro benzene ring substituents is 1. The Morgan fingerprint density at radius 3 is 2.32 bits per heavy atom. The van der Waals surface area contributed by atoms with Crippen molar-refractivity contribution < 1.29 is 9.72 Å². The van der Waals surface area contributed by atoms with Gasteiger partial charge in [-0.3, -0.25) is 14.9 Å².